The van der Waals surface area contributed by atoms with Crippen LogP contribution in [0, 0.1) is 11.3 Å². The molecule has 2 N–H and O–H groups in total. The predicted octanol–water partition coefficient (Wildman–Crippen LogP) is 5.01. The Morgan fingerprint density at radius 2 is 1.95 bits per heavy atom. The summed E-state index contributed by atoms with van der Waals surface area (Å²) in [5, 5.41) is 0.832. The number of nitrogens with two attached hydrogens (primary N) is 1. The quantitative estimate of drug-likeness (QED) is 0.832. The number of hydrogen-bond donors (Lipinski definition) is 1. The van der Waals surface area contributed by atoms with E-state index >= 15 is 0 Å². The molecule has 0 aromatic heterocycles. The van der Waals surface area contributed by atoms with Crippen molar-refractivity contribution < 1.29 is 0 Å². The van der Waals surface area contributed by atoms with Crippen LogP contribution in [0.5, 0.6) is 0 Å². The Balaban J connectivity index is 2.12. The molecule has 0 amide bonds. The number of halogens is 1. The van der Waals surface area contributed by atoms with Gasteiger partial charge in [0.15, 0.2) is 0 Å². The van der Waals surface area contributed by atoms with Crippen molar-refractivity contribution in [2.45, 2.75) is 53.0 Å². The summed E-state index contributed by atoms with van der Waals surface area (Å²) in [5.41, 5.74) is 8.60. The second-order valence-electron chi connectivity index (χ2n) is 7.48. The van der Waals surface area contributed by atoms with Crippen LogP contribution < -0.4 is 10.6 Å². The molecule has 118 valence electrons. The Morgan fingerprint density at radius 3 is 2.52 bits per heavy atom. The van der Waals surface area contributed by atoms with Gasteiger partial charge in [-0.2, -0.15) is 0 Å². The van der Waals surface area contributed by atoms with Crippen molar-refractivity contribution in [3.8, 4) is 0 Å². The number of hydrogen-bond acceptors (Lipinski definition) is 2. The van der Waals surface area contributed by atoms with E-state index < -0.39 is 0 Å². The Morgan fingerprint density at radius 1 is 1.24 bits per heavy atom. The molecule has 0 spiro atoms. The van der Waals surface area contributed by atoms with Crippen LogP contribution in [0.2, 0.25) is 5.02 Å². The Hall–Kier alpha value is -0.730. The van der Waals surface area contributed by atoms with E-state index in [9.17, 15) is 0 Å². The molecule has 0 aliphatic carbocycles. The van der Waals surface area contributed by atoms with Crippen molar-refractivity contribution in [3.63, 3.8) is 0 Å². The van der Waals surface area contributed by atoms with Crippen molar-refractivity contribution in [1.29, 1.82) is 0 Å². The standard InChI is InChI=1S/C18H29ClN2/c1-13(20)14-7-8-17(16(19)12-14)21-10-5-6-15(9-11-21)18(2,3)4/h7-8,12-13,15H,5-6,9-11,20H2,1-4H3/t13-,15?/m1/s1. The van der Waals surface area contributed by atoms with Gasteiger partial charge in [0.25, 0.3) is 0 Å². The predicted molar refractivity (Wildman–Crippen MR) is 93.1 cm³/mol. The minimum absolute atomic E-state index is 0.0333. The molecule has 0 saturated carbocycles. The van der Waals surface area contributed by atoms with Gasteiger partial charge in [0, 0.05) is 19.1 Å². The lowest BCUT2D eigenvalue weighted by Crippen LogP contribution is -2.26. The average Bonchev–Trinajstić information content (AvgIpc) is 2.63. The summed E-state index contributed by atoms with van der Waals surface area (Å²) < 4.78 is 0. The van der Waals surface area contributed by atoms with Crippen molar-refractivity contribution >= 4 is 17.3 Å². The van der Waals surface area contributed by atoms with Crippen LogP contribution in [0.15, 0.2) is 18.2 Å². The molecule has 1 unspecified atom stereocenters. The Bertz CT molecular complexity index is 477. The first-order valence-electron chi connectivity index (χ1n) is 8.09. The molecule has 0 radical (unpaired) electrons. The van der Waals surface area contributed by atoms with E-state index in [1.165, 1.54) is 19.3 Å². The van der Waals surface area contributed by atoms with Gasteiger partial charge in [-0.1, -0.05) is 38.4 Å². The summed E-state index contributed by atoms with van der Waals surface area (Å²) in [5.74, 6) is 0.796. The number of anilines is 1. The van der Waals surface area contributed by atoms with E-state index in [4.69, 9.17) is 17.3 Å². The number of rotatable bonds is 2. The highest BCUT2D eigenvalue weighted by molar-refractivity contribution is 6.33. The van der Waals surface area contributed by atoms with Crippen LogP contribution in [0.3, 0.4) is 0 Å². The maximum atomic E-state index is 6.49. The molecule has 21 heavy (non-hydrogen) atoms. The molecule has 1 aliphatic heterocycles. The highest BCUT2D eigenvalue weighted by Crippen LogP contribution is 2.36. The van der Waals surface area contributed by atoms with Crippen molar-refractivity contribution in [3.05, 3.63) is 28.8 Å². The van der Waals surface area contributed by atoms with Gasteiger partial charge in [0.2, 0.25) is 0 Å². The molecule has 2 atom stereocenters. The lowest BCUT2D eigenvalue weighted by atomic mass is 9.77. The van der Waals surface area contributed by atoms with Crippen molar-refractivity contribution in [2.24, 2.45) is 17.1 Å². The fourth-order valence-electron chi connectivity index (χ4n) is 3.27. The third-order valence-corrected chi connectivity index (χ3v) is 5.09. The van der Waals surface area contributed by atoms with Gasteiger partial charge in [-0.3, -0.25) is 0 Å². The summed E-state index contributed by atoms with van der Waals surface area (Å²) in [7, 11) is 0. The first-order chi connectivity index (χ1) is 9.79. The fourth-order valence-corrected chi connectivity index (χ4v) is 3.57. The van der Waals surface area contributed by atoms with E-state index in [1.807, 2.05) is 13.0 Å². The second-order valence-corrected chi connectivity index (χ2v) is 7.89. The van der Waals surface area contributed by atoms with E-state index in [2.05, 4.69) is 37.8 Å². The fraction of sp³-hybridized carbons (Fsp3) is 0.667. The van der Waals surface area contributed by atoms with Gasteiger partial charge in [0.1, 0.15) is 0 Å². The zero-order valence-corrected chi connectivity index (χ0v) is 14.6. The summed E-state index contributed by atoms with van der Waals surface area (Å²) in [6.07, 6.45) is 3.80. The zero-order valence-electron chi connectivity index (χ0n) is 13.8. The molecule has 1 heterocycles. The molecule has 1 saturated heterocycles. The largest absolute Gasteiger partial charge is 0.370 e. The van der Waals surface area contributed by atoms with Crippen LogP contribution in [0.1, 0.15) is 58.6 Å². The highest BCUT2D eigenvalue weighted by Gasteiger charge is 2.27. The number of nitrogens with zero attached hydrogens (tertiary/aromatic N) is 1. The maximum Gasteiger partial charge on any atom is 0.0642 e. The van der Waals surface area contributed by atoms with Crippen LogP contribution in [-0.2, 0) is 0 Å². The van der Waals surface area contributed by atoms with Gasteiger partial charge in [-0.05, 0) is 55.2 Å². The smallest absolute Gasteiger partial charge is 0.0642 e. The average molecular weight is 309 g/mol. The molecule has 1 aliphatic rings. The molecular formula is C18H29ClN2. The molecule has 2 nitrogen and oxygen atoms in total. The summed E-state index contributed by atoms with van der Waals surface area (Å²) in [4.78, 5) is 2.44. The van der Waals surface area contributed by atoms with E-state index in [0.29, 0.717) is 5.41 Å². The van der Waals surface area contributed by atoms with Crippen LogP contribution in [-0.4, -0.2) is 13.1 Å². The van der Waals surface area contributed by atoms with Crippen molar-refractivity contribution in [2.75, 3.05) is 18.0 Å². The number of benzene rings is 1. The van der Waals surface area contributed by atoms with E-state index in [1.54, 1.807) is 0 Å². The summed E-state index contributed by atoms with van der Waals surface area (Å²) in [6, 6.07) is 6.30. The minimum atomic E-state index is 0.0333. The molecule has 1 aromatic rings. The lowest BCUT2D eigenvalue weighted by Gasteiger charge is -2.30. The van der Waals surface area contributed by atoms with Crippen molar-refractivity contribution in [1.82, 2.24) is 0 Å². The zero-order chi connectivity index (χ0) is 15.6. The Kier molecular flexibility index (Phi) is 5.21. The third kappa shape index (κ3) is 4.14. The normalized spacial score (nSPS) is 22.0. The van der Waals surface area contributed by atoms with E-state index in [-0.39, 0.29) is 6.04 Å². The van der Waals surface area contributed by atoms with Gasteiger partial charge in [-0.25, -0.2) is 0 Å². The monoisotopic (exact) mass is 308 g/mol. The second kappa shape index (κ2) is 6.58. The van der Waals surface area contributed by atoms with E-state index in [0.717, 1.165) is 35.3 Å². The first kappa shape index (κ1) is 16.6. The van der Waals surface area contributed by atoms with Gasteiger partial charge in [0.05, 0.1) is 10.7 Å². The molecule has 1 aromatic carbocycles. The molecule has 1 fully saturated rings. The van der Waals surface area contributed by atoms with Gasteiger partial charge in [-0.15, -0.1) is 0 Å². The van der Waals surface area contributed by atoms with Gasteiger partial charge < -0.3 is 10.6 Å². The highest BCUT2D eigenvalue weighted by atomic mass is 35.5. The van der Waals surface area contributed by atoms with Crippen LogP contribution >= 0.6 is 11.6 Å². The molecular weight excluding hydrogens is 280 g/mol. The topological polar surface area (TPSA) is 29.3 Å². The Labute approximate surface area is 134 Å². The first-order valence-corrected chi connectivity index (χ1v) is 8.47. The lowest BCUT2D eigenvalue weighted by molar-refractivity contribution is 0.220. The third-order valence-electron chi connectivity index (χ3n) is 4.79. The molecule has 3 heteroatoms. The van der Waals surface area contributed by atoms with Crippen LogP contribution in [0.4, 0.5) is 5.69 Å². The van der Waals surface area contributed by atoms with Crippen LogP contribution in [0.25, 0.3) is 0 Å². The minimum Gasteiger partial charge on any atom is -0.370 e. The molecule has 2 rings (SSSR count). The maximum absolute atomic E-state index is 6.49. The molecule has 0 bridgehead atoms. The summed E-state index contributed by atoms with van der Waals surface area (Å²) in [6.45, 7) is 11.3. The summed E-state index contributed by atoms with van der Waals surface area (Å²) >= 11 is 6.49. The SMILES string of the molecule is C[C@@H](N)c1ccc(N2CCCC(C(C)(C)C)CC2)c(Cl)c1. The van der Waals surface area contributed by atoms with Gasteiger partial charge >= 0.3 is 0 Å².